The number of hydrogen-bond donors (Lipinski definition) is 0. The van der Waals surface area contributed by atoms with Crippen LogP contribution in [0, 0.1) is 11.8 Å². The van der Waals surface area contributed by atoms with E-state index in [0.29, 0.717) is 0 Å². The second kappa shape index (κ2) is 7.75. The highest BCUT2D eigenvalue weighted by Gasteiger charge is 2.00. The molecule has 0 aliphatic heterocycles. The Hall–Kier alpha value is -3.38. The van der Waals surface area contributed by atoms with Crippen molar-refractivity contribution < 1.29 is 9.53 Å². The van der Waals surface area contributed by atoms with Gasteiger partial charge in [-0.2, -0.15) is 0 Å². The van der Waals surface area contributed by atoms with Crippen molar-refractivity contribution in [1.29, 1.82) is 0 Å². The Kier molecular flexibility index (Phi) is 5.01. The quantitative estimate of drug-likeness (QED) is 0.419. The second-order valence-corrected chi connectivity index (χ2v) is 5.03. The molecule has 1 aromatic heterocycles. The van der Waals surface area contributed by atoms with E-state index in [0.717, 1.165) is 22.0 Å². The molecule has 116 valence electrons. The Morgan fingerprint density at radius 3 is 2.75 bits per heavy atom. The number of benzene rings is 2. The summed E-state index contributed by atoms with van der Waals surface area (Å²) in [7, 11) is 0. The number of esters is 1. The van der Waals surface area contributed by atoms with E-state index in [9.17, 15) is 4.79 Å². The molecule has 0 atom stereocenters. The first-order valence-corrected chi connectivity index (χ1v) is 7.55. The molecule has 0 saturated heterocycles. The maximum atomic E-state index is 11.8. The summed E-state index contributed by atoms with van der Waals surface area (Å²) in [6.45, 7) is 0.0614. The standard InChI is InChI=1S/C21H15NO2/c23-20(24-16-6-9-17-7-2-1-3-8-17)14-13-19-11-4-10-18-12-5-15-22-21(18)19/h1-5,7-8,10-15H,16H2. The van der Waals surface area contributed by atoms with Gasteiger partial charge in [0.1, 0.15) is 0 Å². The van der Waals surface area contributed by atoms with Gasteiger partial charge in [-0.3, -0.25) is 4.98 Å². The number of carbonyl (C=O) groups is 1. The predicted octanol–water partition coefficient (Wildman–Crippen LogP) is 3.84. The lowest BCUT2D eigenvalue weighted by molar-refractivity contribution is -0.136. The SMILES string of the molecule is O=C(C=Cc1cccc2cccnc12)OCC#Cc1ccccc1. The molecular weight excluding hydrogens is 298 g/mol. The zero-order chi connectivity index (χ0) is 16.6. The van der Waals surface area contributed by atoms with Gasteiger partial charge >= 0.3 is 5.97 Å². The number of ether oxygens (including phenoxy) is 1. The first kappa shape index (κ1) is 15.5. The molecule has 3 nitrogen and oxygen atoms in total. The molecule has 1 heterocycles. The van der Waals surface area contributed by atoms with E-state index in [4.69, 9.17) is 4.74 Å². The highest BCUT2D eigenvalue weighted by Crippen LogP contribution is 2.17. The number of aromatic nitrogens is 1. The molecule has 0 N–H and O–H groups in total. The van der Waals surface area contributed by atoms with Crippen LogP contribution in [0.2, 0.25) is 0 Å². The Morgan fingerprint density at radius 1 is 1.04 bits per heavy atom. The minimum Gasteiger partial charge on any atom is -0.449 e. The summed E-state index contributed by atoms with van der Waals surface area (Å²) in [5.41, 5.74) is 2.62. The minimum atomic E-state index is -0.426. The summed E-state index contributed by atoms with van der Waals surface area (Å²) in [6, 6.07) is 19.3. The Morgan fingerprint density at radius 2 is 1.88 bits per heavy atom. The van der Waals surface area contributed by atoms with Gasteiger partial charge in [0.25, 0.3) is 0 Å². The topological polar surface area (TPSA) is 39.2 Å². The van der Waals surface area contributed by atoms with Gasteiger partial charge in [0.15, 0.2) is 6.61 Å². The van der Waals surface area contributed by atoms with Crippen LogP contribution in [0.1, 0.15) is 11.1 Å². The van der Waals surface area contributed by atoms with Crippen molar-refractivity contribution >= 4 is 22.9 Å². The van der Waals surface area contributed by atoms with Crippen molar-refractivity contribution in [2.45, 2.75) is 0 Å². The molecule has 0 amide bonds. The van der Waals surface area contributed by atoms with Crippen molar-refractivity contribution in [3.05, 3.63) is 84.1 Å². The molecule has 3 aromatic rings. The molecule has 0 aliphatic carbocycles. The fourth-order valence-electron chi connectivity index (χ4n) is 2.24. The van der Waals surface area contributed by atoms with Gasteiger partial charge in [0.2, 0.25) is 0 Å². The summed E-state index contributed by atoms with van der Waals surface area (Å²) in [4.78, 5) is 16.1. The van der Waals surface area contributed by atoms with Crippen molar-refractivity contribution in [3.63, 3.8) is 0 Å². The van der Waals surface area contributed by atoms with Crippen LogP contribution in [0.4, 0.5) is 0 Å². The van der Waals surface area contributed by atoms with Crippen LogP contribution >= 0.6 is 0 Å². The van der Waals surface area contributed by atoms with Gasteiger partial charge in [-0.25, -0.2) is 4.79 Å². The van der Waals surface area contributed by atoms with Crippen molar-refractivity contribution in [2.75, 3.05) is 6.61 Å². The van der Waals surface area contributed by atoms with Gasteiger partial charge in [0, 0.05) is 28.8 Å². The van der Waals surface area contributed by atoms with Crippen LogP contribution in [-0.4, -0.2) is 17.6 Å². The molecule has 0 spiro atoms. The van der Waals surface area contributed by atoms with Crippen molar-refractivity contribution in [3.8, 4) is 11.8 Å². The van der Waals surface area contributed by atoms with Crippen LogP contribution in [0.25, 0.3) is 17.0 Å². The summed E-state index contributed by atoms with van der Waals surface area (Å²) in [6.07, 6.45) is 4.84. The van der Waals surface area contributed by atoms with Crippen LogP contribution in [0.15, 0.2) is 72.9 Å². The van der Waals surface area contributed by atoms with E-state index in [-0.39, 0.29) is 6.61 Å². The lowest BCUT2D eigenvalue weighted by Crippen LogP contribution is -2.00. The number of pyridine rings is 1. The number of carbonyl (C=O) groups excluding carboxylic acids is 1. The maximum Gasteiger partial charge on any atom is 0.331 e. The Labute approximate surface area is 140 Å². The number of rotatable bonds is 3. The molecule has 0 unspecified atom stereocenters. The lowest BCUT2D eigenvalue weighted by Gasteiger charge is -2.00. The molecular formula is C21H15NO2. The average Bonchev–Trinajstić information content (AvgIpc) is 2.64. The Balaban J connectivity index is 1.60. The molecule has 0 radical (unpaired) electrons. The third-order valence-corrected chi connectivity index (χ3v) is 3.36. The molecule has 24 heavy (non-hydrogen) atoms. The highest BCUT2D eigenvalue weighted by atomic mass is 16.5. The molecule has 0 bridgehead atoms. The summed E-state index contributed by atoms with van der Waals surface area (Å²) in [5.74, 6) is 5.33. The van der Waals surface area contributed by atoms with Gasteiger partial charge in [0.05, 0.1) is 5.52 Å². The van der Waals surface area contributed by atoms with E-state index in [1.165, 1.54) is 6.08 Å². The van der Waals surface area contributed by atoms with Crippen molar-refractivity contribution in [1.82, 2.24) is 4.98 Å². The predicted molar refractivity (Wildman–Crippen MR) is 95.1 cm³/mol. The lowest BCUT2D eigenvalue weighted by atomic mass is 10.1. The molecule has 0 saturated carbocycles. The third-order valence-electron chi connectivity index (χ3n) is 3.36. The molecule has 0 aliphatic rings. The highest BCUT2D eigenvalue weighted by molar-refractivity contribution is 5.92. The fourth-order valence-corrected chi connectivity index (χ4v) is 2.24. The molecule has 0 fully saturated rings. The number of nitrogens with zero attached hydrogens (tertiary/aromatic N) is 1. The second-order valence-electron chi connectivity index (χ2n) is 5.03. The average molecular weight is 313 g/mol. The van der Waals surface area contributed by atoms with Gasteiger partial charge in [-0.1, -0.05) is 54.3 Å². The normalized spacial score (nSPS) is 10.3. The van der Waals surface area contributed by atoms with E-state index in [1.54, 1.807) is 12.3 Å². The van der Waals surface area contributed by atoms with Gasteiger partial charge < -0.3 is 4.74 Å². The number of hydrogen-bond acceptors (Lipinski definition) is 3. The minimum absolute atomic E-state index is 0.0614. The van der Waals surface area contributed by atoms with E-state index in [2.05, 4.69) is 16.8 Å². The zero-order valence-corrected chi connectivity index (χ0v) is 13.0. The summed E-state index contributed by atoms with van der Waals surface area (Å²) in [5, 5.41) is 1.03. The first-order valence-electron chi connectivity index (χ1n) is 7.55. The van der Waals surface area contributed by atoms with Gasteiger partial charge in [-0.05, 0) is 24.3 Å². The largest absolute Gasteiger partial charge is 0.449 e. The van der Waals surface area contributed by atoms with Crippen LogP contribution in [0.3, 0.4) is 0 Å². The van der Waals surface area contributed by atoms with E-state index in [1.807, 2.05) is 60.7 Å². The van der Waals surface area contributed by atoms with Crippen LogP contribution < -0.4 is 0 Å². The molecule has 3 rings (SSSR count). The number of para-hydroxylation sites is 1. The number of fused-ring (bicyclic) bond motifs is 1. The first-order chi connectivity index (χ1) is 11.8. The van der Waals surface area contributed by atoms with E-state index >= 15 is 0 Å². The fraction of sp³-hybridized carbons (Fsp3) is 0.0476. The monoisotopic (exact) mass is 313 g/mol. The van der Waals surface area contributed by atoms with Crippen molar-refractivity contribution in [2.24, 2.45) is 0 Å². The van der Waals surface area contributed by atoms with Gasteiger partial charge in [-0.15, -0.1) is 0 Å². The van der Waals surface area contributed by atoms with Crippen LogP contribution in [0.5, 0.6) is 0 Å². The third kappa shape index (κ3) is 4.08. The molecule has 3 heteroatoms. The summed E-state index contributed by atoms with van der Waals surface area (Å²) >= 11 is 0. The van der Waals surface area contributed by atoms with Crippen LogP contribution in [-0.2, 0) is 9.53 Å². The maximum absolute atomic E-state index is 11.8. The Bertz CT molecular complexity index is 929. The van der Waals surface area contributed by atoms with E-state index < -0.39 is 5.97 Å². The molecule has 2 aromatic carbocycles. The smallest absolute Gasteiger partial charge is 0.331 e. The summed E-state index contributed by atoms with van der Waals surface area (Å²) < 4.78 is 5.08. The zero-order valence-electron chi connectivity index (χ0n) is 13.0.